The van der Waals surface area contributed by atoms with Crippen LogP contribution in [0.3, 0.4) is 0 Å². The molecule has 1 atom stereocenters. The third-order valence-electron chi connectivity index (χ3n) is 5.27. The maximum Gasteiger partial charge on any atom is 0.227 e. The minimum atomic E-state index is -0.0478. The van der Waals surface area contributed by atoms with E-state index in [0.29, 0.717) is 21.7 Å². The van der Waals surface area contributed by atoms with E-state index in [1.165, 1.54) is 0 Å². The summed E-state index contributed by atoms with van der Waals surface area (Å²) in [6.07, 6.45) is 5.60. The van der Waals surface area contributed by atoms with Gasteiger partial charge < -0.3 is 10.1 Å². The number of hydrogen-bond acceptors (Lipinski definition) is 3. The lowest BCUT2D eigenvalue weighted by molar-refractivity contribution is -0.121. The molecule has 1 aromatic heterocycles. The monoisotopic (exact) mass is 406 g/mol. The van der Waals surface area contributed by atoms with Gasteiger partial charge in [-0.25, -0.2) is 0 Å². The van der Waals surface area contributed by atoms with Crippen LogP contribution in [0.1, 0.15) is 38.3 Å². The Morgan fingerprint density at radius 3 is 2.48 bits per heavy atom. The summed E-state index contributed by atoms with van der Waals surface area (Å²) in [4.78, 5) is 16.7. The van der Waals surface area contributed by atoms with Crippen molar-refractivity contribution in [1.82, 2.24) is 4.98 Å². The molecule has 1 heterocycles. The molecule has 27 heavy (non-hydrogen) atoms. The van der Waals surface area contributed by atoms with Crippen molar-refractivity contribution in [3.8, 4) is 5.75 Å². The quantitative estimate of drug-likeness (QED) is 0.671. The van der Waals surface area contributed by atoms with Gasteiger partial charge in [0.05, 0.1) is 11.8 Å². The third-order valence-corrected chi connectivity index (χ3v) is 5.98. The Balaban J connectivity index is 1.51. The van der Waals surface area contributed by atoms with Gasteiger partial charge in [0.15, 0.2) is 0 Å². The largest absolute Gasteiger partial charge is 0.489 e. The first-order valence-corrected chi connectivity index (χ1v) is 10.0. The molecule has 0 spiro atoms. The van der Waals surface area contributed by atoms with Gasteiger partial charge in [0.25, 0.3) is 0 Å². The van der Waals surface area contributed by atoms with Crippen LogP contribution in [0.25, 0.3) is 0 Å². The molecule has 2 aromatic rings. The van der Waals surface area contributed by atoms with Crippen LogP contribution >= 0.6 is 23.2 Å². The molecule has 1 unspecified atom stereocenters. The molecule has 0 radical (unpaired) electrons. The Kier molecular flexibility index (Phi) is 6.61. The Bertz CT molecular complexity index is 787. The molecule has 1 amide bonds. The molecule has 1 saturated carbocycles. The van der Waals surface area contributed by atoms with Gasteiger partial charge in [-0.15, -0.1) is 0 Å². The fraction of sp³-hybridized carbons (Fsp3) is 0.429. The number of aromatic nitrogens is 1. The average Bonchev–Trinajstić information content (AvgIpc) is 2.67. The fourth-order valence-electron chi connectivity index (χ4n) is 3.51. The molecule has 0 bridgehead atoms. The molecule has 1 fully saturated rings. The lowest BCUT2D eigenvalue weighted by atomic mass is 9.79. The van der Waals surface area contributed by atoms with Crippen LogP contribution in [-0.4, -0.2) is 17.0 Å². The molecular weight excluding hydrogens is 383 g/mol. The summed E-state index contributed by atoms with van der Waals surface area (Å²) in [5.41, 5.74) is 1.55. The van der Waals surface area contributed by atoms with Crippen LogP contribution in [-0.2, 0) is 4.79 Å². The van der Waals surface area contributed by atoms with Gasteiger partial charge in [0.1, 0.15) is 10.8 Å². The van der Waals surface area contributed by atoms with Crippen LogP contribution in [0.4, 0.5) is 5.69 Å². The second-order valence-electron chi connectivity index (χ2n) is 7.15. The molecule has 4 nitrogen and oxygen atoms in total. The first kappa shape index (κ1) is 20.0. The lowest BCUT2D eigenvalue weighted by Crippen LogP contribution is -2.32. The van der Waals surface area contributed by atoms with Crippen molar-refractivity contribution in [2.45, 2.75) is 45.6 Å². The second-order valence-corrected chi connectivity index (χ2v) is 7.96. The van der Waals surface area contributed by atoms with Gasteiger partial charge in [0, 0.05) is 28.9 Å². The number of carbonyl (C=O) groups excluding carboxylic acids is 1. The maximum atomic E-state index is 12.6. The van der Waals surface area contributed by atoms with Crippen molar-refractivity contribution in [3.63, 3.8) is 0 Å². The van der Waals surface area contributed by atoms with Crippen molar-refractivity contribution in [2.75, 3.05) is 5.32 Å². The standard InChI is InChI=1S/C21H24Cl2N2O2/c1-13(21(26)25-17-7-5-16(22)6-8-17)15-3-9-18(10-4-15)27-19-11-12-24-14(2)20(19)23/h5-8,11-13,15,18H,3-4,9-10H2,1-2H3,(H,25,26)/t13?,15-,18-. The number of nitrogens with one attached hydrogen (secondary N) is 1. The van der Waals surface area contributed by atoms with Crippen molar-refractivity contribution >= 4 is 34.8 Å². The maximum absolute atomic E-state index is 12.6. The highest BCUT2D eigenvalue weighted by molar-refractivity contribution is 6.32. The van der Waals surface area contributed by atoms with E-state index in [4.69, 9.17) is 27.9 Å². The number of benzene rings is 1. The van der Waals surface area contributed by atoms with E-state index in [2.05, 4.69) is 10.3 Å². The van der Waals surface area contributed by atoms with Gasteiger partial charge in [-0.05, 0) is 62.8 Å². The van der Waals surface area contributed by atoms with Crippen LogP contribution in [0.15, 0.2) is 36.5 Å². The van der Waals surface area contributed by atoms with Gasteiger partial charge in [0.2, 0.25) is 5.91 Å². The summed E-state index contributed by atoms with van der Waals surface area (Å²) in [6, 6.07) is 8.99. The van der Waals surface area contributed by atoms with E-state index in [1.54, 1.807) is 18.3 Å². The number of ether oxygens (including phenoxy) is 1. The van der Waals surface area contributed by atoms with E-state index in [1.807, 2.05) is 32.0 Å². The van der Waals surface area contributed by atoms with Crippen molar-refractivity contribution in [1.29, 1.82) is 0 Å². The minimum absolute atomic E-state index is 0.0478. The van der Waals surface area contributed by atoms with Crippen LogP contribution in [0.2, 0.25) is 10.0 Å². The smallest absolute Gasteiger partial charge is 0.227 e. The highest BCUT2D eigenvalue weighted by Crippen LogP contribution is 2.35. The molecule has 1 aromatic carbocycles. The summed E-state index contributed by atoms with van der Waals surface area (Å²) in [6.45, 7) is 3.87. The highest BCUT2D eigenvalue weighted by Gasteiger charge is 2.30. The number of pyridine rings is 1. The Hall–Kier alpha value is -1.78. The summed E-state index contributed by atoms with van der Waals surface area (Å²) >= 11 is 12.2. The van der Waals surface area contributed by atoms with Crippen LogP contribution < -0.4 is 10.1 Å². The molecular formula is C21H24Cl2N2O2. The van der Waals surface area contributed by atoms with Crippen molar-refractivity contribution in [3.05, 3.63) is 52.3 Å². The summed E-state index contributed by atoms with van der Waals surface area (Å²) in [5, 5.41) is 4.21. The normalized spacial score (nSPS) is 20.7. The predicted octanol–water partition coefficient (Wildman–Crippen LogP) is 5.91. The van der Waals surface area contributed by atoms with E-state index in [-0.39, 0.29) is 17.9 Å². The number of hydrogen-bond donors (Lipinski definition) is 1. The first-order valence-electron chi connectivity index (χ1n) is 9.28. The van der Waals surface area contributed by atoms with E-state index < -0.39 is 0 Å². The fourth-order valence-corrected chi connectivity index (χ4v) is 3.79. The van der Waals surface area contributed by atoms with Crippen LogP contribution in [0.5, 0.6) is 5.75 Å². The molecule has 0 aliphatic heterocycles. The molecule has 6 heteroatoms. The van der Waals surface area contributed by atoms with Crippen LogP contribution in [0, 0.1) is 18.8 Å². The molecule has 1 N–H and O–H groups in total. The van der Waals surface area contributed by atoms with E-state index >= 15 is 0 Å². The van der Waals surface area contributed by atoms with Gasteiger partial charge in [-0.1, -0.05) is 30.1 Å². The number of halogens is 2. The zero-order chi connectivity index (χ0) is 19.4. The third kappa shape index (κ3) is 5.14. The summed E-state index contributed by atoms with van der Waals surface area (Å²) < 4.78 is 6.08. The Labute approximate surface area is 170 Å². The number of rotatable bonds is 5. The van der Waals surface area contributed by atoms with Crippen molar-refractivity contribution < 1.29 is 9.53 Å². The number of nitrogens with zero attached hydrogens (tertiary/aromatic N) is 1. The second kappa shape index (κ2) is 8.94. The zero-order valence-corrected chi connectivity index (χ0v) is 17.1. The summed E-state index contributed by atoms with van der Waals surface area (Å²) in [7, 11) is 0. The molecule has 1 aliphatic carbocycles. The molecule has 3 rings (SSSR count). The summed E-state index contributed by atoms with van der Waals surface area (Å²) in [5.74, 6) is 1.05. The predicted molar refractivity (Wildman–Crippen MR) is 110 cm³/mol. The van der Waals surface area contributed by atoms with E-state index in [9.17, 15) is 4.79 Å². The highest BCUT2D eigenvalue weighted by atomic mass is 35.5. The molecule has 1 aliphatic rings. The Morgan fingerprint density at radius 2 is 1.81 bits per heavy atom. The number of anilines is 1. The van der Waals surface area contributed by atoms with E-state index in [0.717, 1.165) is 37.1 Å². The Morgan fingerprint density at radius 1 is 1.15 bits per heavy atom. The number of carbonyl (C=O) groups is 1. The average molecular weight is 407 g/mol. The number of aryl methyl sites for hydroxylation is 1. The van der Waals surface area contributed by atoms with Gasteiger partial charge in [-0.2, -0.15) is 0 Å². The molecule has 0 saturated heterocycles. The lowest BCUT2D eigenvalue weighted by Gasteiger charge is -2.32. The zero-order valence-electron chi connectivity index (χ0n) is 15.5. The topological polar surface area (TPSA) is 51.2 Å². The first-order chi connectivity index (χ1) is 12.9. The molecule has 144 valence electrons. The van der Waals surface area contributed by atoms with Crippen molar-refractivity contribution in [2.24, 2.45) is 11.8 Å². The number of amides is 1. The minimum Gasteiger partial charge on any atom is -0.489 e. The SMILES string of the molecule is Cc1nccc(O[C@H]2CC[C@H](C(C)C(=O)Nc3ccc(Cl)cc3)CC2)c1Cl. The van der Waals surface area contributed by atoms with Gasteiger partial charge >= 0.3 is 0 Å². The van der Waals surface area contributed by atoms with Gasteiger partial charge in [-0.3, -0.25) is 9.78 Å².